The second kappa shape index (κ2) is 5.99. The molecule has 1 N–H and O–H groups in total. The zero-order valence-corrected chi connectivity index (χ0v) is 11.0. The van der Waals surface area contributed by atoms with Gasteiger partial charge in [-0.05, 0) is 37.0 Å². The maximum absolute atomic E-state index is 13.0. The molecule has 1 heterocycles. The summed E-state index contributed by atoms with van der Waals surface area (Å²) in [5, 5.41) is 3.48. The van der Waals surface area contributed by atoms with Crippen molar-refractivity contribution in [3.05, 3.63) is 35.6 Å². The highest BCUT2D eigenvalue weighted by molar-refractivity contribution is 5.19. The van der Waals surface area contributed by atoms with Crippen molar-refractivity contribution in [2.75, 3.05) is 19.8 Å². The maximum atomic E-state index is 13.0. The van der Waals surface area contributed by atoms with Gasteiger partial charge in [-0.1, -0.05) is 12.1 Å². The van der Waals surface area contributed by atoms with Gasteiger partial charge < -0.3 is 14.8 Å². The molecule has 0 amide bonds. The van der Waals surface area contributed by atoms with E-state index in [9.17, 15) is 4.39 Å². The third kappa shape index (κ3) is 3.75. The second-order valence-corrected chi connectivity index (χ2v) is 5.34. The van der Waals surface area contributed by atoms with E-state index in [0.29, 0.717) is 12.6 Å². The lowest BCUT2D eigenvalue weighted by Gasteiger charge is -2.22. The van der Waals surface area contributed by atoms with Gasteiger partial charge in [0, 0.05) is 19.2 Å². The molecule has 4 heteroatoms. The van der Waals surface area contributed by atoms with Crippen molar-refractivity contribution in [1.82, 2.24) is 5.32 Å². The largest absolute Gasteiger partial charge is 0.379 e. The quantitative estimate of drug-likeness (QED) is 0.857. The lowest BCUT2D eigenvalue weighted by molar-refractivity contribution is -0.0166. The van der Waals surface area contributed by atoms with Gasteiger partial charge in [-0.25, -0.2) is 4.39 Å². The molecule has 2 unspecified atom stereocenters. The van der Waals surface area contributed by atoms with Crippen LogP contribution in [0.2, 0.25) is 0 Å². The predicted octanol–water partition coefficient (Wildman–Crippen LogP) is 2.42. The van der Waals surface area contributed by atoms with Gasteiger partial charge in [0.05, 0.1) is 18.8 Å². The molecular weight excluding hydrogens is 245 g/mol. The van der Waals surface area contributed by atoms with E-state index in [1.54, 1.807) is 0 Å². The van der Waals surface area contributed by atoms with Crippen molar-refractivity contribution in [2.24, 2.45) is 0 Å². The van der Waals surface area contributed by atoms with Crippen molar-refractivity contribution < 1.29 is 13.9 Å². The summed E-state index contributed by atoms with van der Waals surface area (Å²) in [6, 6.07) is 7.25. The highest BCUT2D eigenvalue weighted by Crippen LogP contribution is 2.25. The van der Waals surface area contributed by atoms with Gasteiger partial charge in [0.2, 0.25) is 0 Å². The van der Waals surface area contributed by atoms with Crippen LogP contribution in [-0.2, 0) is 9.47 Å². The van der Waals surface area contributed by atoms with Gasteiger partial charge in [-0.2, -0.15) is 0 Å². The summed E-state index contributed by atoms with van der Waals surface area (Å²) in [6.07, 6.45) is 3.59. The SMILES string of the molecule is Fc1ccc(C(CNC2CC2)OC2CCOC2)cc1. The average Bonchev–Trinajstić information content (AvgIpc) is 3.11. The first-order chi connectivity index (χ1) is 9.31. The summed E-state index contributed by atoms with van der Waals surface area (Å²) in [5.74, 6) is -0.207. The number of hydrogen-bond acceptors (Lipinski definition) is 3. The van der Waals surface area contributed by atoms with Crippen molar-refractivity contribution in [3.63, 3.8) is 0 Å². The number of rotatable bonds is 6. The lowest BCUT2D eigenvalue weighted by atomic mass is 10.1. The fourth-order valence-corrected chi connectivity index (χ4v) is 2.34. The minimum Gasteiger partial charge on any atom is -0.379 e. The lowest BCUT2D eigenvalue weighted by Crippen LogP contribution is -2.28. The first kappa shape index (κ1) is 13.0. The molecule has 2 atom stereocenters. The Morgan fingerprint density at radius 3 is 2.68 bits per heavy atom. The number of hydrogen-bond donors (Lipinski definition) is 1. The molecule has 3 rings (SSSR count). The molecule has 1 saturated carbocycles. The van der Waals surface area contributed by atoms with Crippen molar-refractivity contribution >= 4 is 0 Å². The summed E-state index contributed by atoms with van der Waals surface area (Å²) < 4.78 is 24.5. The zero-order chi connectivity index (χ0) is 13.1. The Balaban J connectivity index is 1.64. The molecule has 19 heavy (non-hydrogen) atoms. The highest BCUT2D eigenvalue weighted by Gasteiger charge is 2.26. The summed E-state index contributed by atoms with van der Waals surface area (Å²) in [5.41, 5.74) is 1.03. The minimum absolute atomic E-state index is 0.0205. The molecule has 2 fully saturated rings. The van der Waals surface area contributed by atoms with E-state index in [-0.39, 0.29) is 18.0 Å². The van der Waals surface area contributed by atoms with Crippen LogP contribution < -0.4 is 5.32 Å². The highest BCUT2D eigenvalue weighted by atomic mass is 19.1. The molecule has 0 radical (unpaired) electrons. The summed E-state index contributed by atoms with van der Waals surface area (Å²) in [6.45, 7) is 2.23. The first-order valence-electron chi connectivity index (χ1n) is 7.03. The fraction of sp³-hybridized carbons (Fsp3) is 0.600. The number of benzene rings is 1. The second-order valence-electron chi connectivity index (χ2n) is 5.34. The molecule has 0 bridgehead atoms. The number of halogens is 1. The van der Waals surface area contributed by atoms with E-state index in [2.05, 4.69) is 5.32 Å². The van der Waals surface area contributed by atoms with E-state index in [4.69, 9.17) is 9.47 Å². The molecule has 3 nitrogen and oxygen atoms in total. The van der Waals surface area contributed by atoms with Gasteiger partial charge in [-0.15, -0.1) is 0 Å². The van der Waals surface area contributed by atoms with Crippen LogP contribution in [0.25, 0.3) is 0 Å². The minimum atomic E-state index is -0.207. The third-order valence-electron chi connectivity index (χ3n) is 3.66. The molecule has 0 aromatic heterocycles. The first-order valence-corrected chi connectivity index (χ1v) is 7.03. The Bertz CT molecular complexity index is 399. The van der Waals surface area contributed by atoms with Crippen LogP contribution >= 0.6 is 0 Å². The van der Waals surface area contributed by atoms with E-state index in [1.165, 1.54) is 25.0 Å². The zero-order valence-electron chi connectivity index (χ0n) is 11.0. The molecule has 1 saturated heterocycles. The van der Waals surface area contributed by atoms with Crippen LogP contribution in [0.1, 0.15) is 30.9 Å². The van der Waals surface area contributed by atoms with Crippen LogP contribution in [0.5, 0.6) is 0 Å². The van der Waals surface area contributed by atoms with Gasteiger partial charge in [0.15, 0.2) is 0 Å². The average molecular weight is 265 g/mol. The standard InChI is InChI=1S/C15H20FNO2/c16-12-3-1-11(2-4-12)15(9-17-13-5-6-13)19-14-7-8-18-10-14/h1-4,13-15,17H,5-10H2. The van der Waals surface area contributed by atoms with E-state index < -0.39 is 0 Å². The summed E-state index contributed by atoms with van der Waals surface area (Å²) >= 11 is 0. The van der Waals surface area contributed by atoms with Crippen LogP contribution in [0.3, 0.4) is 0 Å². The maximum Gasteiger partial charge on any atom is 0.123 e. The Morgan fingerprint density at radius 2 is 2.05 bits per heavy atom. The van der Waals surface area contributed by atoms with Gasteiger partial charge in [-0.3, -0.25) is 0 Å². The van der Waals surface area contributed by atoms with Gasteiger partial charge in [0.1, 0.15) is 5.82 Å². The van der Waals surface area contributed by atoms with Crippen LogP contribution in [-0.4, -0.2) is 31.9 Å². The fourth-order valence-electron chi connectivity index (χ4n) is 2.34. The Kier molecular flexibility index (Phi) is 4.11. The van der Waals surface area contributed by atoms with Crippen LogP contribution in [0.4, 0.5) is 4.39 Å². The van der Waals surface area contributed by atoms with Crippen molar-refractivity contribution in [2.45, 2.75) is 37.5 Å². The molecule has 2 aliphatic rings. The van der Waals surface area contributed by atoms with Crippen molar-refractivity contribution in [3.8, 4) is 0 Å². The van der Waals surface area contributed by atoms with Gasteiger partial charge in [0.25, 0.3) is 0 Å². The smallest absolute Gasteiger partial charge is 0.123 e. The topological polar surface area (TPSA) is 30.5 Å². The predicted molar refractivity (Wildman–Crippen MR) is 70.5 cm³/mol. The third-order valence-corrected chi connectivity index (χ3v) is 3.66. The normalized spacial score (nSPS) is 24.6. The molecule has 1 aliphatic carbocycles. The summed E-state index contributed by atoms with van der Waals surface area (Å²) in [7, 11) is 0. The molecule has 1 aromatic rings. The van der Waals surface area contributed by atoms with Crippen molar-refractivity contribution in [1.29, 1.82) is 0 Å². The number of nitrogens with one attached hydrogen (secondary N) is 1. The number of ether oxygens (including phenoxy) is 2. The van der Waals surface area contributed by atoms with Crippen LogP contribution in [0, 0.1) is 5.82 Å². The van der Waals surface area contributed by atoms with E-state index in [1.807, 2.05) is 12.1 Å². The molecular formula is C15H20FNO2. The molecule has 1 aliphatic heterocycles. The van der Waals surface area contributed by atoms with E-state index in [0.717, 1.165) is 25.1 Å². The molecule has 104 valence electrons. The van der Waals surface area contributed by atoms with Gasteiger partial charge >= 0.3 is 0 Å². The Labute approximate surface area is 113 Å². The Hall–Kier alpha value is -0.970. The monoisotopic (exact) mass is 265 g/mol. The Morgan fingerprint density at radius 1 is 1.26 bits per heavy atom. The molecule has 1 aromatic carbocycles. The van der Waals surface area contributed by atoms with Crippen LogP contribution in [0.15, 0.2) is 24.3 Å². The van der Waals surface area contributed by atoms with E-state index >= 15 is 0 Å². The molecule has 0 spiro atoms. The summed E-state index contributed by atoms with van der Waals surface area (Å²) in [4.78, 5) is 0.